The summed E-state index contributed by atoms with van der Waals surface area (Å²) < 4.78 is 82.9. The van der Waals surface area contributed by atoms with Gasteiger partial charge in [-0.25, -0.2) is 4.39 Å². The highest BCUT2D eigenvalue weighted by Crippen LogP contribution is 2.30. The SMILES string of the molecule is CC1CCN(C)CC1.CC1CCN(C2CC2)CC1.CC1CCN(CC(F)(F)F)CC1.CC1CCN(CCF)CC1.CCC(C)(C)O.CCCCO.C[C@@H]1CCN(CCC(F)(F)F)C1. The summed E-state index contributed by atoms with van der Waals surface area (Å²) in [5.74, 6) is 3.99. The summed E-state index contributed by atoms with van der Waals surface area (Å²) >= 11 is 0. The summed E-state index contributed by atoms with van der Waals surface area (Å²) in [5.41, 5.74) is -0.458. The first kappa shape index (κ1) is 62.2. The molecule has 0 amide bonds. The van der Waals surface area contributed by atoms with Crippen LogP contribution in [0, 0.1) is 29.6 Å². The van der Waals surface area contributed by atoms with Gasteiger partial charge in [0.25, 0.3) is 0 Å². The van der Waals surface area contributed by atoms with E-state index >= 15 is 0 Å². The Bertz CT molecular complexity index is 1020. The molecule has 6 fully saturated rings. The molecule has 6 rings (SSSR count). The first-order valence-corrected chi connectivity index (χ1v) is 25.0. The Balaban J connectivity index is 0.000000725. The number of hydrogen-bond donors (Lipinski definition) is 2. The van der Waals surface area contributed by atoms with Crippen molar-refractivity contribution in [3.63, 3.8) is 0 Å². The van der Waals surface area contributed by atoms with Gasteiger partial charge < -0.3 is 29.8 Å². The predicted molar refractivity (Wildman–Crippen MR) is 250 cm³/mol. The highest BCUT2D eigenvalue weighted by atomic mass is 19.4. The number of alkyl halides is 7. The highest BCUT2D eigenvalue weighted by Gasteiger charge is 2.32. The maximum Gasteiger partial charge on any atom is 0.401 e. The molecule has 0 aromatic rings. The van der Waals surface area contributed by atoms with Crippen LogP contribution in [0.1, 0.15) is 159 Å². The van der Waals surface area contributed by atoms with E-state index in [0.29, 0.717) is 38.1 Å². The fourth-order valence-corrected chi connectivity index (χ4v) is 7.52. The van der Waals surface area contributed by atoms with Gasteiger partial charge in [-0.05, 0) is 193 Å². The summed E-state index contributed by atoms with van der Waals surface area (Å²) in [7, 11) is 2.20. The Morgan fingerprint density at radius 2 is 0.937 bits per heavy atom. The number of rotatable bonds is 9. The van der Waals surface area contributed by atoms with Crippen LogP contribution in [0.25, 0.3) is 0 Å². The van der Waals surface area contributed by atoms with Crippen LogP contribution in [0.3, 0.4) is 0 Å². The van der Waals surface area contributed by atoms with Crippen molar-refractivity contribution in [2.45, 2.75) is 183 Å². The molecule has 0 aromatic heterocycles. The average Bonchev–Trinajstić information content (AvgIpc) is 3.98. The van der Waals surface area contributed by atoms with Gasteiger partial charge in [0.1, 0.15) is 6.67 Å². The molecule has 0 unspecified atom stereocenters. The van der Waals surface area contributed by atoms with Crippen LogP contribution in [0.4, 0.5) is 30.7 Å². The zero-order valence-corrected chi connectivity index (χ0v) is 42.0. The van der Waals surface area contributed by atoms with E-state index in [2.05, 4.69) is 63.3 Å². The maximum atomic E-state index is 11.9. The van der Waals surface area contributed by atoms with Crippen LogP contribution in [-0.4, -0.2) is 164 Å². The Kier molecular flexibility index (Phi) is 34.1. The number of unbranched alkanes of at least 4 members (excludes halogenated alkanes) is 1. The number of aliphatic hydroxyl groups excluding tert-OH is 1. The topological polar surface area (TPSA) is 56.7 Å². The molecule has 0 radical (unpaired) electrons. The van der Waals surface area contributed by atoms with Gasteiger partial charge in [0.15, 0.2) is 0 Å². The number of aliphatic hydroxyl groups is 2. The van der Waals surface area contributed by atoms with Gasteiger partial charge in [-0.2, -0.15) is 26.3 Å². The fraction of sp³-hybridized carbons (Fsp3) is 1.00. The second-order valence-electron chi connectivity index (χ2n) is 20.5. The lowest BCUT2D eigenvalue weighted by Gasteiger charge is -2.30. The van der Waals surface area contributed by atoms with E-state index in [1.54, 1.807) is 13.8 Å². The largest absolute Gasteiger partial charge is 0.401 e. The van der Waals surface area contributed by atoms with Crippen molar-refractivity contribution in [3.05, 3.63) is 0 Å². The molecule has 63 heavy (non-hydrogen) atoms. The summed E-state index contributed by atoms with van der Waals surface area (Å²) in [6, 6.07) is 1.01. The van der Waals surface area contributed by atoms with Gasteiger partial charge in [0.05, 0.1) is 18.6 Å². The molecule has 14 heteroatoms. The Labute approximate surface area is 382 Å². The van der Waals surface area contributed by atoms with Crippen LogP contribution in [0.5, 0.6) is 0 Å². The molecule has 1 saturated carbocycles. The van der Waals surface area contributed by atoms with Crippen molar-refractivity contribution < 1.29 is 40.9 Å². The number of nitrogens with zero attached hydrogens (tertiary/aromatic N) is 5. The summed E-state index contributed by atoms with van der Waals surface area (Å²) in [5, 5.41) is 16.9. The van der Waals surface area contributed by atoms with Gasteiger partial charge in [0, 0.05) is 32.3 Å². The summed E-state index contributed by atoms with van der Waals surface area (Å²) in [4.78, 5) is 10.7. The summed E-state index contributed by atoms with van der Waals surface area (Å²) in [6.45, 7) is 29.4. The highest BCUT2D eigenvalue weighted by molar-refractivity contribution is 4.86. The molecule has 5 heterocycles. The van der Waals surface area contributed by atoms with E-state index in [-0.39, 0.29) is 13.2 Å². The Hall–Kier alpha value is -0.770. The zero-order chi connectivity index (χ0) is 48.1. The number of hydrogen-bond acceptors (Lipinski definition) is 7. The van der Waals surface area contributed by atoms with Crippen molar-refractivity contribution in [1.82, 2.24) is 24.5 Å². The molecule has 7 nitrogen and oxygen atoms in total. The van der Waals surface area contributed by atoms with Crippen molar-refractivity contribution >= 4 is 0 Å². The Morgan fingerprint density at radius 3 is 1.24 bits per heavy atom. The molecule has 0 aromatic carbocycles. The van der Waals surface area contributed by atoms with Crippen molar-refractivity contribution in [1.29, 1.82) is 0 Å². The minimum Gasteiger partial charge on any atom is -0.396 e. The van der Waals surface area contributed by atoms with E-state index in [4.69, 9.17) is 10.2 Å². The first-order valence-electron chi connectivity index (χ1n) is 25.0. The monoisotopic (exact) mass is 922 g/mol. The second kappa shape index (κ2) is 34.5. The lowest BCUT2D eigenvalue weighted by atomic mass is 9.99. The van der Waals surface area contributed by atoms with Gasteiger partial charge in [0.2, 0.25) is 0 Å². The third-order valence-electron chi connectivity index (χ3n) is 13.0. The van der Waals surface area contributed by atoms with E-state index < -0.39 is 30.9 Å². The van der Waals surface area contributed by atoms with Crippen molar-refractivity contribution in [3.8, 4) is 0 Å². The van der Waals surface area contributed by atoms with Gasteiger partial charge >= 0.3 is 12.4 Å². The van der Waals surface area contributed by atoms with E-state index in [1.807, 2.05) is 11.8 Å². The zero-order valence-electron chi connectivity index (χ0n) is 42.0. The van der Waals surface area contributed by atoms with Crippen LogP contribution >= 0.6 is 0 Å². The quantitative estimate of drug-likeness (QED) is 0.224. The van der Waals surface area contributed by atoms with Gasteiger partial charge in [-0.1, -0.05) is 54.9 Å². The van der Waals surface area contributed by atoms with Crippen LogP contribution < -0.4 is 0 Å². The molecule has 380 valence electrons. The third-order valence-corrected chi connectivity index (χ3v) is 13.0. The van der Waals surface area contributed by atoms with Gasteiger partial charge in [-0.3, -0.25) is 4.90 Å². The van der Waals surface area contributed by atoms with Crippen LogP contribution in [0.15, 0.2) is 0 Å². The molecule has 2 N–H and O–H groups in total. The predicted octanol–water partition coefficient (Wildman–Crippen LogP) is 11.4. The molecule has 1 atom stereocenters. The van der Waals surface area contributed by atoms with E-state index in [1.165, 1.54) is 82.4 Å². The lowest BCUT2D eigenvalue weighted by Crippen LogP contribution is -2.39. The number of halogens is 7. The minimum atomic E-state index is -4.03. The molecule has 6 aliphatic rings. The normalized spacial score (nSPS) is 23.2. The summed E-state index contributed by atoms with van der Waals surface area (Å²) in [6.07, 6.45) is 8.16. The minimum absolute atomic E-state index is 0.174. The molecular weight excluding hydrogens is 824 g/mol. The number of piperidine rings is 4. The lowest BCUT2D eigenvalue weighted by molar-refractivity contribution is -0.148. The molecule has 5 aliphatic heterocycles. The fourth-order valence-electron chi connectivity index (χ4n) is 7.52. The van der Waals surface area contributed by atoms with Crippen LogP contribution in [-0.2, 0) is 0 Å². The van der Waals surface area contributed by atoms with E-state index in [0.717, 1.165) is 88.5 Å². The second-order valence-corrected chi connectivity index (χ2v) is 20.5. The molecule has 1 aliphatic carbocycles. The molecule has 0 bridgehead atoms. The molecule has 0 spiro atoms. The van der Waals surface area contributed by atoms with E-state index in [9.17, 15) is 30.7 Å². The van der Waals surface area contributed by atoms with Gasteiger partial charge in [-0.15, -0.1) is 0 Å². The Morgan fingerprint density at radius 1 is 0.540 bits per heavy atom. The average molecular weight is 922 g/mol. The molecule has 5 saturated heterocycles. The smallest absolute Gasteiger partial charge is 0.396 e. The first-order chi connectivity index (χ1) is 29.4. The third kappa shape index (κ3) is 39.0. The van der Waals surface area contributed by atoms with Crippen LogP contribution in [0.2, 0.25) is 0 Å². The standard InChI is InChI=1S/C9H17N.2C8H14F3N.C8H16FN.C7H15N.C5H12O.C4H10O/c1-8-4-6-10(7-5-8)9-2-3-9;1-7-2-4-12(6-7)5-3-8(9,10)11;1-7-2-4-12(5-3-7)6-8(9,10)11;1-8-2-5-10(6-3-8)7-4-9;1-7-3-5-8(2)6-4-7;1-4-5(2,3)6;1-2-3-4-5/h8-9H,2-7H2,1H3;2*7H,2-6H2,1H3;8H,2-7H2,1H3;7H,3-6H2,1-2H3;6H,4H2,1-3H3;5H,2-4H2,1H3/t;7-;;;;;/m.1...../s1. The molecular formula is C49H98F7N5O2. The number of likely N-dealkylation sites (tertiary alicyclic amines) is 5. The maximum absolute atomic E-state index is 11.9. The van der Waals surface area contributed by atoms with Crippen molar-refractivity contribution in [2.75, 3.05) is 105 Å². The van der Waals surface area contributed by atoms with Crippen molar-refractivity contribution in [2.24, 2.45) is 29.6 Å².